The molecule has 0 radical (unpaired) electrons. The predicted octanol–water partition coefficient (Wildman–Crippen LogP) is 2.53. The van der Waals surface area contributed by atoms with Crippen LogP contribution in [0, 0.1) is 0 Å². The highest BCUT2D eigenvalue weighted by molar-refractivity contribution is 5.69. The van der Waals surface area contributed by atoms with Gasteiger partial charge < -0.3 is 9.47 Å². The lowest BCUT2D eigenvalue weighted by molar-refractivity contribution is -0.156. The molecule has 14 heavy (non-hydrogen) atoms. The Morgan fingerprint density at radius 2 is 1.64 bits per heavy atom. The van der Waals surface area contributed by atoms with Gasteiger partial charge in [-0.25, -0.2) is 0 Å². The minimum Gasteiger partial charge on any atom is -0.460 e. The van der Waals surface area contributed by atoms with Crippen molar-refractivity contribution in [1.29, 1.82) is 0 Å². The van der Waals surface area contributed by atoms with E-state index in [1.807, 2.05) is 34.6 Å². The van der Waals surface area contributed by atoms with E-state index in [1.165, 1.54) is 0 Å². The van der Waals surface area contributed by atoms with Crippen molar-refractivity contribution in [2.45, 2.75) is 58.7 Å². The van der Waals surface area contributed by atoms with E-state index in [-0.39, 0.29) is 11.6 Å². The summed E-state index contributed by atoms with van der Waals surface area (Å²) in [5.74, 6) is -0.164. The van der Waals surface area contributed by atoms with Crippen molar-refractivity contribution in [2.24, 2.45) is 0 Å². The molecule has 0 aromatic heterocycles. The lowest BCUT2D eigenvalue weighted by Crippen LogP contribution is -2.27. The minimum absolute atomic E-state index is 0.164. The van der Waals surface area contributed by atoms with Crippen LogP contribution in [-0.2, 0) is 14.3 Å². The van der Waals surface area contributed by atoms with Gasteiger partial charge in [-0.2, -0.15) is 0 Å². The van der Waals surface area contributed by atoms with Gasteiger partial charge in [0.05, 0.1) is 5.60 Å². The monoisotopic (exact) mass is 202 g/mol. The summed E-state index contributed by atoms with van der Waals surface area (Å²) in [7, 11) is 1.65. The third kappa shape index (κ3) is 6.89. The molecule has 0 heterocycles. The maximum absolute atomic E-state index is 11.3. The Balaban J connectivity index is 3.87. The third-order valence-corrected chi connectivity index (χ3v) is 1.90. The Kier molecular flexibility index (Phi) is 4.59. The maximum Gasteiger partial charge on any atom is 0.306 e. The zero-order chi connectivity index (χ0) is 11.4. The van der Waals surface area contributed by atoms with Crippen LogP contribution in [0.2, 0.25) is 0 Å². The van der Waals surface area contributed by atoms with Crippen LogP contribution in [0.4, 0.5) is 0 Å². The van der Waals surface area contributed by atoms with Crippen molar-refractivity contribution in [3.8, 4) is 0 Å². The molecule has 3 nitrogen and oxygen atoms in total. The molecule has 0 aliphatic heterocycles. The second kappa shape index (κ2) is 4.78. The average Bonchev–Trinajstić information content (AvgIpc) is 1.98. The summed E-state index contributed by atoms with van der Waals surface area (Å²) in [6.07, 6.45) is 1.08. The molecule has 0 atom stereocenters. The Labute approximate surface area is 86.8 Å². The number of hydrogen-bond acceptors (Lipinski definition) is 3. The first kappa shape index (κ1) is 13.4. The fourth-order valence-corrected chi connectivity index (χ4v) is 0.898. The minimum atomic E-state index is -0.395. The lowest BCUT2D eigenvalue weighted by atomic mass is 10.0. The molecule has 0 aliphatic rings. The molecule has 0 saturated heterocycles. The van der Waals surface area contributed by atoms with Gasteiger partial charge in [-0.05, 0) is 41.0 Å². The van der Waals surface area contributed by atoms with Gasteiger partial charge in [0.25, 0.3) is 0 Å². The average molecular weight is 202 g/mol. The van der Waals surface area contributed by atoms with Crippen molar-refractivity contribution in [3.63, 3.8) is 0 Å². The first-order valence-electron chi connectivity index (χ1n) is 4.93. The molecule has 0 aliphatic carbocycles. The topological polar surface area (TPSA) is 35.5 Å². The van der Waals surface area contributed by atoms with E-state index in [0.29, 0.717) is 12.8 Å². The number of hydrogen-bond donors (Lipinski definition) is 0. The van der Waals surface area contributed by atoms with Crippen molar-refractivity contribution in [1.82, 2.24) is 0 Å². The molecule has 0 saturated carbocycles. The van der Waals surface area contributed by atoms with Gasteiger partial charge in [-0.15, -0.1) is 0 Å². The summed E-state index contributed by atoms with van der Waals surface area (Å²) in [6, 6.07) is 0. The van der Waals surface area contributed by atoms with E-state index < -0.39 is 5.60 Å². The van der Waals surface area contributed by atoms with E-state index in [1.54, 1.807) is 7.11 Å². The molecule has 0 spiro atoms. The predicted molar refractivity (Wildman–Crippen MR) is 56.2 cm³/mol. The highest BCUT2D eigenvalue weighted by Gasteiger charge is 2.21. The molecule has 0 amide bonds. The highest BCUT2D eigenvalue weighted by atomic mass is 16.6. The summed E-state index contributed by atoms with van der Waals surface area (Å²) in [5.41, 5.74) is -0.648. The lowest BCUT2D eigenvalue weighted by Gasteiger charge is -2.24. The van der Waals surface area contributed by atoms with Crippen LogP contribution < -0.4 is 0 Å². The third-order valence-electron chi connectivity index (χ3n) is 1.90. The van der Waals surface area contributed by atoms with E-state index in [2.05, 4.69) is 0 Å². The Morgan fingerprint density at radius 3 is 2.00 bits per heavy atom. The zero-order valence-electron chi connectivity index (χ0n) is 10.1. The molecule has 0 unspecified atom stereocenters. The number of esters is 1. The van der Waals surface area contributed by atoms with Crippen molar-refractivity contribution in [2.75, 3.05) is 7.11 Å². The number of carbonyl (C=O) groups is 1. The van der Waals surface area contributed by atoms with Crippen molar-refractivity contribution in [3.05, 3.63) is 0 Å². The van der Waals surface area contributed by atoms with Crippen LogP contribution >= 0.6 is 0 Å². The SMILES string of the molecule is COC(C)(C)CCC(=O)OC(C)(C)C. The standard InChI is InChI=1S/C11H22O3/c1-10(2,3)14-9(12)7-8-11(4,5)13-6/h7-8H2,1-6H3. The Hall–Kier alpha value is -0.570. The van der Waals surface area contributed by atoms with Gasteiger partial charge in [-0.3, -0.25) is 4.79 Å². The van der Waals surface area contributed by atoms with Gasteiger partial charge >= 0.3 is 5.97 Å². The van der Waals surface area contributed by atoms with Gasteiger partial charge in [0.2, 0.25) is 0 Å². The summed E-state index contributed by atoms with van der Waals surface area (Å²) < 4.78 is 10.4. The summed E-state index contributed by atoms with van der Waals surface area (Å²) in [5, 5.41) is 0. The van der Waals surface area contributed by atoms with Crippen LogP contribution in [-0.4, -0.2) is 24.3 Å². The molecule has 0 rings (SSSR count). The van der Waals surface area contributed by atoms with Gasteiger partial charge in [0, 0.05) is 13.5 Å². The first-order chi connectivity index (χ1) is 6.16. The van der Waals surface area contributed by atoms with Crippen LogP contribution in [0.1, 0.15) is 47.5 Å². The zero-order valence-corrected chi connectivity index (χ0v) is 10.1. The largest absolute Gasteiger partial charge is 0.460 e. The molecular formula is C11H22O3. The highest BCUT2D eigenvalue weighted by Crippen LogP contribution is 2.17. The maximum atomic E-state index is 11.3. The number of carbonyl (C=O) groups excluding carboxylic acids is 1. The summed E-state index contributed by atoms with van der Waals surface area (Å²) in [4.78, 5) is 11.3. The molecule has 3 heteroatoms. The van der Waals surface area contributed by atoms with Crippen LogP contribution in [0.3, 0.4) is 0 Å². The molecule has 0 fully saturated rings. The smallest absolute Gasteiger partial charge is 0.306 e. The van der Waals surface area contributed by atoms with Crippen LogP contribution in [0.5, 0.6) is 0 Å². The van der Waals surface area contributed by atoms with Crippen LogP contribution in [0.15, 0.2) is 0 Å². The van der Waals surface area contributed by atoms with E-state index in [0.717, 1.165) is 0 Å². The molecule has 0 aromatic rings. The van der Waals surface area contributed by atoms with Crippen LogP contribution in [0.25, 0.3) is 0 Å². The number of ether oxygens (including phenoxy) is 2. The second-order valence-corrected chi connectivity index (χ2v) is 5.05. The van der Waals surface area contributed by atoms with Gasteiger partial charge in [0.15, 0.2) is 0 Å². The quantitative estimate of drug-likeness (QED) is 0.657. The van der Waals surface area contributed by atoms with Crippen molar-refractivity contribution >= 4 is 5.97 Å². The summed E-state index contributed by atoms with van der Waals surface area (Å²) >= 11 is 0. The Morgan fingerprint density at radius 1 is 1.14 bits per heavy atom. The molecule has 0 aromatic carbocycles. The van der Waals surface area contributed by atoms with E-state index in [9.17, 15) is 4.79 Å². The fraction of sp³-hybridized carbons (Fsp3) is 0.909. The first-order valence-corrected chi connectivity index (χ1v) is 4.93. The number of methoxy groups -OCH3 is 1. The van der Waals surface area contributed by atoms with E-state index >= 15 is 0 Å². The molecule has 0 N–H and O–H groups in total. The molecular weight excluding hydrogens is 180 g/mol. The Bertz CT molecular complexity index is 189. The normalized spacial score (nSPS) is 12.7. The summed E-state index contributed by atoms with van der Waals surface area (Å²) in [6.45, 7) is 9.51. The van der Waals surface area contributed by atoms with Crippen molar-refractivity contribution < 1.29 is 14.3 Å². The second-order valence-electron chi connectivity index (χ2n) is 5.05. The number of rotatable bonds is 4. The molecule has 84 valence electrons. The molecule has 0 bridgehead atoms. The van der Waals surface area contributed by atoms with Gasteiger partial charge in [-0.1, -0.05) is 0 Å². The fourth-order valence-electron chi connectivity index (χ4n) is 0.898. The van der Waals surface area contributed by atoms with E-state index in [4.69, 9.17) is 9.47 Å². The van der Waals surface area contributed by atoms with Gasteiger partial charge in [0.1, 0.15) is 5.60 Å².